The summed E-state index contributed by atoms with van der Waals surface area (Å²) in [5.41, 5.74) is -0.545. The third-order valence-corrected chi connectivity index (χ3v) is 9.13. The molecule has 3 heterocycles. The van der Waals surface area contributed by atoms with Gasteiger partial charge in [-0.05, 0) is 53.4 Å². The normalized spacial score (nSPS) is 22.6. The molecule has 2 aliphatic rings. The molecule has 4 unspecified atom stereocenters. The van der Waals surface area contributed by atoms with Crippen LogP contribution in [0.3, 0.4) is 0 Å². The van der Waals surface area contributed by atoms with Gasteiger partial charge in [0.1, 0.15) is 17.1 Å². The lowest BCUT2D eigenvalue weighted by Gasteiger charge is -2.31. The number of hydrogen-bond donors (Lipinski definition) is 2. The number of imide groups is 1. The first-order valence-corrected chi connectivity index (χ1v) is 15.6. The zero-order valence-electron chi connectivity index (χ0n) is 25.4. The first kappa shape index (κ1) is 30.9. The number of carboxylic acid groups (broad SMARTS) is 1. The third-order valence-electron chi connectivity index (χ3n) is 9.13. The van der Waals surface area contributed by atoms with Crippen LogP contribution in [0.4, 0.5) is 5.69 Å². The van der Waals surface area contributed by atoms with Crippen molar-refractivity contribution in [3.8, 4) is 11.3 Å². The van der Waals surface area contributed by atoms with Gasteiger partial charge < -0.3 is 9.52 Å². The van der Waals surface area contributed by atoms with Crippen LogP contribution in [0.25, 0.3) is 22.1 Å². The number of furan rings is 1. The largest absolute Gasteiger partial charge is 0.480 e. The average molecular weight is 622 g/mol. The third kappa shape index (κ3) is 5.60. The van der Waals surface area contributed by atoms with Gasteiger partial charge >= 0.3 is 5.97 Å². The highest BCUT2D eigenvalue weighted by Crippen LogP contribution is 2.50. The van der Waals surface area contributed by atoms with Gasteiger partial charge in [-0.3, -0.25) is 34.7 Å². The monoisotopic (exact) mass is 621 g/mol. The van der Waals surface area contributed by atoms with Gasteiger partial charge in [-0.2, -0.15) is 0 Å². The highest BCUT2D eigenvalue weighted by Gasteiger charge is 2.68. The predicted molar refractivity (Wildman–Crippen MR) is 172 cm³/mol. The first-order valence-electron chi connectivity index (χ1n) is 15.6. The van der Waals surface area contributed by atoms with Crippen molar-refractivity contribution in [2.45, 2.75) is 50.6 Å². The van der Waals surface area contributed by atoms with E-state index in [-0.39, 0.29) is 18.7 Å². The molecule has 0 saturated carbocycles. The molecule has 10 nitrogen and oxygen atoms in total. The summed E-state index contributed by atoms with van der Waals surface area (Å²) in [5.74, 6) is -3.59. The number of carboxylic acids is 1. The molecule has 2 amide bonds. The Morgan fingerprint density at radius 3 is 2.46 bits per heavy atom. The number of hydrogen-bond acceptors (Lipinski definition) is 7. The van der Waals surface area contributed by atoms with Crippen LogP contribution in [0.15, 0.2) is 95.4 Å². The molecule has 10 heteroatoms. The molecule has 2 fully saturated rings. The van der Waals surface area contributed by atoms with Crippen molar-refractivity contribution in [1.82, 2.24) is 10.2 Å². The highest BCUT2D eigenvalue weighted by molar-refractivity contribution is 6.09. The standard InChI is InChI=1S/C36H35N3O7/c1-2-3-4-5-6-9-20-38-33(40)30-31(34(38)41)36(35(42)43,22-23-12-13-24-10-7-8-11-26(24)21-23)37-32(30)29-19-18-28(46-29)25-14-16-27(17-15-25)39(44)45/h5-8,10-19,21,30-32,37H,2-4,9,20,22H2,1H3,(H,42,43)/b6-5+. The van der Waals surface area contributed by atoms with E-state index in [1.165, 1.54) is 17.0 Å². The molecule has 2 N–H and O–H groups in total. The Kier molecular flexibility index (Phi) is 8.55. The van der Waals surface area contributed by atoms with Gasteiger partial charge in [-0.15, -0.1) is 0 Å². The number of fused-ring (bicyclic) bond motifs is 2. The second kappa shape index (κ2) is 12.7. The summed E-state index contributed by atoms with van der Waals surface area (Å²) in [7, 11) is 0. The summed E-state index contributed by atoms with van der Waals surface area (Å²) in [6, 6.07) is 21.8. The van der Waals surface area contributed by atoms with E-state index in [4.69, 9.17) is 4.42 Å². The number of likely N-dealkylation sites (tertiary alicyclic amines) is 1. The lowest BCUT2D eigenvalue weighted by molar-refractivity contribution is -0.384. The van der Waals surface area contributed by atoms with Crippen molar-refractivity contribution in [1.29, 1.82) is 0 Å². The lowest BCUT2D eigenvalue weighted by Crippen LogP contribution is -2.57. The van der Waals surface area contributed by atoms with Crippen LogP contribution in [-0.2, 0) is 20.8 Å². The molecule has 6 rings (SSSR count). The molecule has 0 radical (unpaired) electrons. The summed E-state index contributed by atoms with van der Waals surface area (Å²) in [4.78, 5) is 53.2. The van der Waals surface area contributed by atoms with Gasteiger partial charge in [-0.1, -0.05) is 74.4 Å². The SMILES string of the molecule is CCCC/C=C/CCN1C(=O)C2C(c3ccc(-c4ccc([N+](=O)[O-])cc4)o3)NC(Cc3ccc4ccccc4c3)(C(=O)O)C2C1=O. The van der Waals surface area contributed by atoms with Crippen LogP contribution in [0.5, 0.6) is 0 Å². The van der Waals surface area contributed by atoms with E-state index in [0.717, 1.165) is 35.6 Å². The number of rotatable bonds is 12. The van der Waals surface area contributed by atoms with E-state index in [1.807, 2.05) is 54.6 Å². The van der Waals surface area contributed by atoms with Gasteiger partial charge in [-0.25, -0.2) is 0 Å². The fraction of sp³-hybridized carbons (Fsp3) is 0.306. The Balaban J connectivity index is 1.36. The number of nitrogens with zero attached hydrogens (tertiary/aromatic N) is 2. The molecule has 0 aliphatic carbocycles. The fourth-order valence-corrected chi connectivity index (χ4v) is 6.82. The summed E-state index contributed by atoms with van der Waals surface area (Å²) in [6.07, 6.45) is 7.50. The Bertz CT molecular complexity index is 1830. The maximum Gasteiger partial charge on any atom is 0.325 e. The van der Waals surface area contributed by atoms with Crippen LogP contribution in [0, 0.1) is 22.0 Å². The molecule has 1 aromatic heterocycles. The summed E-state index contributed by atoms with van der Waals surface area (Å²) in [5, 5.41) is 27.1. The van der Waals surface area contributed by atoms with E-state index < -0.39 is 46.1 Å². The number of unbranched alkanes of at least 4 members (excludes halogenated alkanes) is 2. The van der Waals surface area contributed by atoms with Crippen LogP contribution < -0.4 is 5.32 Å². The van der Waals surface area contributed by atoms with Gasteiger partial charge in [0.2, 0.25) is 11.8 Å². The topological polar surface area (TPSA) is 143 Å². The van der Waals surface area contributed by atoms with Crippen molar-refractivity contribution >= 4 is 34.2 Å². The van der Waals surface area contributed by atoms with E-state index in [0.29, 0.717) is 23.5 Å². The van der Waals surface area contributed by atoms with Crippen molar-refractivity contribution in [2.75, 3.05) is 6.54 Å². The number of non-ortho nitro benzene ring substituents is 1. The molecule has 3 aromatic carbocycles. The van der Waals surface area contributed by atoms with Crippen LogP contribution >= 0.6 is 0 Å². The number of nitro benzene ring substituents is 1. The number of benzene rings is 3. The van der Waals surface area contributed by atoms with E-state index in [9.17, 15) is 29.6 Å². The minimum absolute atomic E-state index is 0.0233. The van der Waals surface area contributed by atoms with Gasteiger partial charge in [0.15, 0.2) is 0 Å². The lowest BCUT2D eigenvalue weighted by atomic mass is 9.76. The number of carbonyl (C=O) groups is 3. The second-order valence-electron chi connectivity index (χ2n) is 12.0. The number of nitro groups is 1. The molecule has 2 aliphatic heterocycles. The number of aliphatic carboxylic acids is 1. The zero-order valence-corrected chi connectivity index (χ0v) is 25.4. The number of nitrogens with one attached hydrogen (secondary N) is 1. The average Bonchev–Trinajstić information content (AvgIpc) is 3.74. The Labute approximate surface area is 265 Å². The smallest absolute Gasteiger partial charge is 0.325 e. The van der Waals surface area contributed by atoms with Gasteiger partial charge in [0.05, 0.1) is 22.8 Å². The predicted octanol–water partition coefficient (Wildman–Crippen LogP) is 6.46. The van der Waals surface area contributed by atoms with Crippen molar-refractivity contribution in [3.63, 3.8) is 0 Å². The number of carbonyl (C=O) groups excluding carboxylic acids is 2. The molecule has 0 spiro atoms. The quantitative estimate of drug-likeness (QED) is 0.0604. The summed E-state index contributed by atoms with van der Waals surface area (Å²) < 4.78 is 6.18. The molecule has 2 saturated heterocycles. The molecule has 236 valence electrons. The van der Waals surface area contributed by atoms with E-state index >= 15 is 0 Å². The molecule has 4 atom stereocenters. The van der Waals surface area contributed by atoms with E-state index in [1.54, 1.807) is 24.3 Å². The summed E-state index contributed by atoms with van der Waals surface area (Å²) in [6.45, 7) is 2.27. The Morgan fingerprint density at radius 2 is 1.74 bits per heavy atom. The minimum Gasteiger partial charge on any atom is -0.480 e. The maximum absolute atomic E-state index is 14.1. The second-order valence-corrected chi connectivity index (χ2v) is 12.0. The van der Waals surface area contributed by atoms with Crippen LogP contribution in [0.2, 0.25) is 0 Å². The number of amides is 2. The zero-order chi connectivity index (χ0) is 32.4. The Hall–Kier alpha value is -5.09. The van der Waals surface area contributed by atoms with E-state index in [2.05, 4.69) is 12.2 Å². The van der Waals surface area contributed by atoms with Gasteiger partial charge in [0.25, 0.3) is 5.69 Å². The molecule has 46 heavy (non-hydrogen) atoms. The van der Waals surface area contributed by atoms with Gasteiger partial charge in [0, 0.05) is 30.7 Å². The molecular weight excluding hydrogens is 586 g/mol. The fourth-order valence-electron chi connectivity index (χ4n) is 6.82. The van der Waals surface area contributed by atoms with Crippen LogP contribution in [-0.4, -0.2) is 44.8 Å². The Morgan fingerprint density at radius 1 is 1.00 bits per heavy atom. The first-order chi connectivity index (χ1) is 22.2. The number of allylic oxidation sites excluding steroid dienone is 1. The maximum atomic E-state index is 14.1. The van der Waals surface area contributed by atoms with Crippen molar-refractivity contribution in [2.24, 2.45) is 11.8 Å². The van der Waals surface area contributed by atoms with Crippen LogP contribution in [0.1, 0.15) is 50.0 Å². The molecule has 0 bridgehead atoms. The highest BCUT2D eigenvalue weighted by atomic mass is 16.6. The van der Waals surface area contributed by atoms with Crippen molar-refractivity contribution < 1.29 is 28.8 Å². The molecular formula is C36H35N3O7. The molecule has 4 aromatic rings. The van der Waals surface area contributed by atoms with Crippen molar-refractivity contribution in [3.05, 3.63) is 112 Å². The summed E-state index contributed by atoms with van der Waals surface area (Å²) >= 11 is 0. The minimum atomic E-state index is -1.78.